The summed E-state index contributed by atoms with van der Waals surface area (Å²) < 4.78 is 13.5. The summed E-state index contributed by atoms with van der Waals surface area (Å²) in [5.74, 6) is -0.893. The van der Waals surface area contributed by atoms with E-state index in [1.165, 1.54) is 11.4 Å². The van der Waals surface area contributed by atoms with Crippen molar-refractivity contribution < 1.29 is 9.18 Å². The summed E-state index contributed by atoms with van der Waals surface area (Å²) in [5, 5.41) is 4.05. The Morgan fingerprint density at radius 2 is 2.46 bits per heavy atom. The summed E-state index contributed by atoms with van der Waals surface area (Å²) in [6, 6.07) is 1.27. The zero-order valence-corrected chi connectivity index (χ0v) is 9.04. The van der Waals surface area contributed by atoms with Crippen LogP contribution in [0.2, 0.25) is 0 Å². The molecule has 0 aromatic carbocycles. The maximum absolute atomic E-state index is 12.8. The second-order valence-corrected chi connectivity index (χ2v) is 4.34. The van der Waals surface area contributed by atoms with Crippen LogP contribution in [0, 0.1) is 5.82 Å². The molecule has 0 spiro atoms. The molecular weight excluding hydrogens is 257 g/mol. The number of halogens is 2. The highest BCUT2D eigenvalue weighted by Gasteiger charge is 2.11. The van der Waals surface area contributed by atoms with Crippen LogP contribution in [0.1, 0.15) is 9.67 Å². The molecule has 0 saturated heterocycles. The summed E-state index contributed by atoms with van der Waals surface area (Å²) in [4.78, 5) is 11.3. The molecule has 0 aliphatic heterocycles. The summed E-state index contributed by atoms with van der Waals surface area (Å²) in [6.45, 7) is 3.84. The minimum atomic E-state index is -0.484. The molecule has 1 aromatic rings. The Morgan fingerprint density at radius 1 is 1.77 bits per heavy atom. The van der Waals surface area contributed by atoms with Crippen molar-refractivity contribution in [3.63, 3.8) is 0 Å². The molecule has 0 fully saturated rings. The third kappa shape index (κ3) is 2.93. The van der Waals surface area contributed by atoms with Crippen molar-refractivity contribution in [1.29, 1.82) is 0 Å². The third-order valence-electron chi connectivity index (χ3n) is 1.26. The minimum Gasteiger partial charge on any atom is -0.347 e. The van der Waals surface area contributed by atoms with Crippen molar-refractivity contribution in [1.82, 2.24) is 5.32 Å². The molecular formula is C8H7BrFNOS. The van der Waals surface area contributed by atoms with Crippen molar-refractivity contribution >= 4 is 33.2 Å². The van der Waals surface area contributed by atoms with Crippen molar-refractivity contribution in [3.05, 3.63) is 33.2 Å². The van der Waals surface area contributed by atoms with E-state index in [0.717, 1.165) is 11.3 Å². The maximum Gasteiger partial charge on any atom is 0.264 e. The standard InChI is InChI=1S/C8H7BrFNOS/c1-5(9)4-11-8(12)7-6(10)2-3-13-7/h2-3H,1,4H2,(H,11,12). The first kappa shape index (κ1) is 10.4. The number of hydrogen-bond donors (Lipinski definition) is 1. The average molecular weight is 264 g/mol. The molecule has 1 rings (SSSR count). The Morgan fingerprint density at radius 3 is 2.92 bits per heavy atom. The Labute approximate surface area is 87.6 Å². The molecule has 1 aromatic heterocycles. The van der Waals surface area contributed by atoms with Gasteiger partial charge in [-0.15, -0.1) is 11.3 Å². The third-order valence-corrected chi connectivity index (χ3v) is 2.43. The maximum atomic E-state index is 12.8. The van der Waals surface area contributed by atoms with Gasteiger partial charge in [0, 0.05) is 11.0 Å². The quantitative estimate of drug-likeness (QED) is 0.893. The van der Waals surface area contributed by atoms with Gasteiger partial charge in [-0.2, -0.15) is 0 Å². The van der Waals surface area contributed by atoms with Gasteiger partial charge in [0.1, 0.15) is 10.7 Å². The number of hydrogen-bond acceptors (Lipinski definition) is 2. The fourth-order valence-corrected chi connectivity index (χ4v) is 1.54. The topological polar surface area (TPSA) is 29.1 Å². The largest absolute Gasteiger partial charge is 0.347 e. The molecule has 1 heterocycles. The van der Waals surface area contributed by atoms with Crippen LogP contribution in [-0.2, 0) is 0 Å². The van der Waals surface area contributed by atoms with Gasteiger partial charge in [-0.05, 0) is 11.4 Å². The summed E-state index contributed by atoms with van der Waals surface area (Å²) in [7, 11) is 0. The van der Waals surface area contributed by atoms with Crippen LogP contribution in [0.15, 0.2) is 22.5 Å². The fraction of sp³-hybridized carbons (Fsp3) is 0.125. The Kier molecular flexibility index (Phi) is 3.62. The molecule has 1 N–H and O–H groups in total. The number of rotatable bonds is 3. The lowest BCUT2D eigenvalue weighted by Gasteiger charge is -2.00. The highest BCUT2D eigenvalue weighted by molar-refractivity contribution is 9.11. The van der Waals surface area contributed by atoms with E-state index < -0.39 is 11.7 Å². The molecule has 0 bridgehead atoms. The van der Waals surface area contributed by atoms with Crippen LogP contribution in [0.3, 0.4) is 0 Å². The van der Waals surface area contributed by atoms with Gasteiger partial charge in [0.15, 0.2) is 0 Å². The van der Waals surface area contributed by atoms with Gasteiger partial charge >= 0.3 is 0 Å². The van der Waals surface area contributed by atoms with E-state index in [9.17, 15) is 9.18 Å². The van der Waals surface area contributed by atoms with Gasteiger partial charge in [-0.1, -0.05) is 22.5 Å². The molecule has 70 valence electrons. The van der Waals surface area contributed by atoms with Crippen LogP contribution in [-0.4, -0.2) is 12.5 Å². The molecule has 1 amide bonds. The number of carbonyl (C=O) groups is 1. The lowest BCUT2D eigenvalue weighted by molar-refractivity contribution is 0.0958. The normalized spacial score (nSPS) is 9.69. The smallest absolute Gasteiger partial charge is 0.264 e. The van der Waals surface area contributed by atoms with Crippen LogP contribution in [0.5, 0.6) is 0 Å². The van der Waals surface area contributed by atoms with Crippen LogP contribution in [0.4, 0.5) is 4.39 Å². The van der Waals surface area contributed by atoms with Crippen LogP contribution in [0.25, 0.3) is 0 Å². The summed E-state index contributed by atoms with van der Waals surface area (Å²) in [6.07, 6.45) is 0. The van der Waals surface area contributed by atoms with Gasteiger partial charge in [0.05, 0.1) is 0 Å². The molecule has 0 unspecified atom stereocenters. The van der Waals surface area contributed by atoms with Gasteiger partial charge in [-0.25, -0.2) is 4.39 Å². The molecule has 0 aliphatic rings. The van der Waals surface area contributed by atoms with E-state index in [2.05, 4.69) is 27.8 Å². The highest BCUT2D eigenvalue weighted by Crippen LogP contribution is 2.14. The Hall–Kier alpha value is -0.680. The number of nitrogens with one attached hydrogen (secondary N) is 1. The fourth-order valence-electron chi connectivity index (χ4n) is 0.712. The number of amides is 1. The van der Waals surface area contributed by atoms with Crippen molar-refractivity contribution in [2.24, 2.45) is 0 Å². The van der Waals surface area contributed by atoms with E-state index in [4.69, 9.17) is 0 Å². The second kappa shape index (κ2) is 4.53. The zero-order valence-electron chi connectivity index (χ0n) is 6.64. The molecule has 0 atom stereocenters. The molecule has 5 heteroatoms. The lowest BCUT2D eigenvalue weighted by atomic mass is 10.4. The predicted molar refractivity (Wildman–Crippen MR) is 54.7 cm³/mol. The monoisotopic (exact) mass is 263 g/mol. The Balaban J connectivity index is 2.59. The van der Waals surface area contributed by atoms with E-state index in [0.29, 0.717) is 11.0 Å². The molecule has 2 nitrogen and oxygen atoms in total. The van der Waals surface area contributed by atoms with Gasteiger partial charge in [0.2, 0.25) is 0 Å². The first-order valence-corrected chi connectivity index (χ1v) is 5.13. The summed E-state index contributed by atoms with van der Waals surface area (Å²) >= 11 is 4.16. The minimum absolute atomic E-state index is 0.105. The lowest BCUT2D eigenvalue weighted by Crippen LogP contribution is -2.24. The van der Waals surface area contributed by atoms with Crippen molar-refractivity contribution in [2.75, 3.05) is 6.54 Å². The average Bonchev–Trinajstić information content (AvgIpc) is 2.47. The second-order valence-electron chi connectivity index (χ2n) is 2.30. The Bertz CT molecular complexity index is 337. The van der Waals surface area contributed by atoms with Crippen LogP contribution >= 0.6 is 27.3 Å². The van der Waals surface area contributed by atoms with E-state index in [1.807, 2.05) is 0 Å². The molecule has 0 saturated carbocycles. The van der Waals surface area contributed by atoms with Gasteiger partial charge in [0.25, 0.3) is 5.91 Å². The van der Waals surface area contributed by atoms with Crippen LogP contribution < -0.4 is 5.32 Å². The van der Waals surface area contributed by atoms with Crippen molar-refractivity contribution in [2.45, 2.75) is 0 Å². The van der Waals surface area contributed by atoms with E-state index in [1.54, 1.807) is 0 Å². The highest BCUT2D eigenvalue weighted by atomic mass is 79.9. The SMILES string of the molecule is C=C(Br)CNC(=O)c1sccc1F. The zero-order chi connectivity index (χ0) is 9.84. The number of thiophene rings is 1. The van der Waals surface area contributed by atoms with E-state index >= 15 is 0 Å². The van der Waals surface area contributed by atoms with E-state index in [-0.39, 0.29) is 4.88 Å². The van der Waals surface area contributed by atoms with Gasteiger partial charge in [-0.3, -0.25) is 4.79 Å². The predicted octanol–water partition coefficient (Wildman–Crippen LogP) is 2.53. The summed E-state index contributed by atoms with van der Waals surface area (Å²) in [5.41, 5.74) is 0. The first-order chi connectivity index (χ1) is 6.11. The van der Waals surface area contributed by atoms with Gasteiger partial charge < -0.3 is 5.32 Å². The first-order valence-electron chi connectivity index (χ1n) is 3.45. The molecule has 0 radical (unpaired) electrons. The van der Waals surface area contributed by atoms with Crippen molar-refractivity contribution in [3.8, 4) is 0 Å². The number of carbonyl (C=O) groups excluding carboxylic acids is 1. The molecule has 0 aliphatic carbocycles. The molecule has 13 heavy (non-hydrogen) atoms.